The van der Waals surface area contributed by atoms with Gasteiger partial charge in [0.15, 0.2) is 0 Å². The Morgan fingerprint density at radius 2 is 1.83 bits per heavy atom. The van der Waals surface area contributed by atoms with Crippen LogP contribution in [0.25, 0.3) is 10.8 Å². The number of methoxy groups -OCH3 is 2. The van der Waals surface area contributed by atoms with E-state index in [9.17, 15) is 0 Å². The summed E-state index contributed by atoms with van der Waals surface area (Å²) in [5.41, 5.74) is 6.89. The zero-order valence-electron chi connectivity index (χ0n) is 11.1. The molecule has 0 spiro atoms. The lowest BCUT2D eigenvalue weighted by molar-refractivity contribution is 0.410. The first-order chi connectivity index (χ1) is 8.72. The molecule has 0 saturated carbocycles. The summed E-state index contributed by atoms with van der Waals surface area (Å²) in [5.74, 6) is 2.03. The third kappa shape index (κ3) is 2.02. The molecule has 0 aliphatic carbocycles. The van der Waals surface area contributed by atoms with Crippen LogP contribution in [0.3, 0.4) is 0 Å². The fourth-order valence-corrected chi connectivity index (χ4v) is 2.24. The second kappa shape index (κ2) is 5.27. The molecular formula is C15H19NO2. The number of nitrogens with two attached hydrogens (primary N) is 1. The minimum absolute atomic E-state index is 0.274. The third-order valence-electron chi connectivity index (χ3n) is 3.31. The van der Waals surface area contributed by atoms with E-state index in [-0.39, 0.29) is 5.92 Å². The van der Waals surface area contributed by atoms with Crippen LogP contribution in [0.2, 0.25) is 0 Å². The Hall–Kier alpha value is -1.74. The number of hydrogen-bond acceptors (Lipinski definition) is 3. The first-order valence-corrected chi connectivity index (χ1v) is 6.06. The molecule has 96 valence electrons. The van der Waals surface area contributed by atoms with Crippen LogP contribution in [-0.4, -0.2) is 20.8 Å². The molecular weight excluding hydrogens is 226 g/mol. The molecule has 0 saturated heterocycles. The fraction of sp³-hybridized carbons (Fsp3) is 0.333. The molecule has 0 aliphatic rings. The van der Waals surface area contributed by atoms with Crippen molar-refractivity contribution < 1.29 is 9.47 Å². The zero-order chi connectivity index (χ0) is 13.1. The Kier molecular flexibility index (Phi) is 3.72. The molecule has 2 aromatic rings. The molecule has 0 radical (unpaired) electrons. The van der Waals surface area contributed by atoms with E-state index in [0.717, 1.165) is 27.8 Å². The largest absolute Gasteiger partial charge is 0.496 e. The maximum absolute atomic E-state index is 5.75. The van der Waals surface area contributed by atoms with E-state index in [1.54, 1.807) is 14.2 Å². The number of fused-ring (bicyclic) bond motifs is 1. The van der Waals surface area contributed by atoms with Crippen molar-refractivity contribution in [3.8, 4) is 11.5 Å². The van der Waals surface area contributed by atoms with Gasteiger partial charge in [-0.15, -0.1) is 0 Å². The van der Waals surface area contributed by atoms with E-state index in [4.69, 9.17) is 15.2 Å². The van der Waals surface area contributed by atoms with Crippen molar-refractivity contribution in [1.29, 1.82) is 0 Å². The van der Waals surface area contributed by atoms with Crippen molar-refractivity contribution in [2.75, 3.05) is 20.8 Å². The summed E-state index contributed by atoms with van der Waals surface area (Å²) in [7, 11) is 3.37. The zero-order valence-corrected chi connectivity index (χ0v) is 11.1. The number of benzene rings is 2. The molecule has 0 amide bonds. The van der Waals surface area contributed by atoms with Crippen molar-refractivity contribution >= 4 is 10.8 Å². The summed E-state index contributed by atoms with van der Waals surface area (Å²) in [6, 6.07) is 10.1. The van der Waals surface area contributed by atoms with Crippen molar-refractivity contribution in [2.45, 2.75) is 12.8 Å². The lowest BCUT2D eigenvalue weighted by Gasteiger charge is -2.17. The van der Waals surface area contributed by atoms with Crippen LogP contribution in [0.5, 0.6) is 11.5 Å². The molecule has 1 unspecified atom stereocenters. The van der Waals surface area contributed by atoms with Crippen LogP contribution < -0.4 is 15.2 Å². The van der Waals surface area contributed by atoms with E-state index >= 15 is 0 Å². The SMILES string of the molecule is COc1cccc2c(OC)c(C(C)CN)ccc12. The Balaban J connectivity index is 2.72. The average molecular weight is 245 g/mol. The van der Waals surface area contributed by atoms with Gasteiger partial charge in [0.05, 0.1) is 14.2 Å². The molecule has 3 heteroatoms. The summed E-state index contributed by atoms with van der Waals surface area (Å²) in [6.45, 7) is 2.70. The maximum Gasteiger partial charge on any atom is 0.130 e. The fourth-order valence-electron chi connectivity index (χ4n) is 2.24. The van der Waals surface area contributed by atoms with Crippen molar-refractivity contribution in [3.05, 3.63) is 35.9 Å². The van der Waals surface area contributed by atoms with Gasteiger partial charge >= 0.3 is 0 Å². The molecule has 2 N–H and O–H groups in total. The average Bonchev–Trinajstić information content (AvgIpc) is 2.44. The van der Waals surface area contributed by atoms with Gasteiger partial charge < -0.3 is 15.2 Å². The lowest BCUT2D eigenvalue weighted by atomic mass is 9.96. The van der Waals surface area contributed by atoms with Crippen LogP contribution in [-0.2, 0) is 0 Å². The van der Waals surface area contributed by atoms with Crippen LogP contribution in [0, 0.1) is 0 Å². The molecule has 0 aliphatic heterocycles. The summed E-state index contributed by atoms with van der Waals surface area (Å²) in [5, 5.41) is 2.12. The van der Waals surface area contributed by atoms with Crippen molar-refractivity contribution in [1.82, 2.24) is 0 Å². The van der Waals surface area contributed by atoms with Gasteiger partial charge in [0.2, 0.25) is 0 Å². The molecule has 0 fully saturated rings. The highest BCUT2D eigenvalue weighted by Crippen LogP contribution is 2.37. The van der Waals surface area contributed by atoms with E-state index < -0.39 is 0 Å². The summed E-state index contributed by atoms with van der Waals surface area (Å²) in [4.78, 5) is 0. The predicted octanol–water partition coefficient (Wildman–Crippen LogP) is 2.92. The van der Waals surface area contributed by atoms with E-state index in [2.05, 4.69) is 19.1 Å². The van der Waals surface area contributed by atoms with E-state index in [1.807, 2.05) is 18.2 Å². The Labute approximate surface area is 108 Å². The molecule has 0 bridgehead atoms. The molecule has 0 aromatic heterocycles. The number of ether oxygens (including phenoxy) is 2. The standard InChI is InChI=1S/C15H19NO2/c1-10(9-16)11-7-8-12-13(15(11)18-3)5-4-6-14(12)17-2/h4-8,10H,9,16H2,1-3H3. The van der Waals surface area contributed by atoms with Crippen LogP contribution in [0.15, 0.2) is 30.3 Å². The minimum Gasteiger partial charge on any atom is -0.496 e. The number of hydrogen-bond donors (Lipinski definition) is 1. The van der Waals surface area contributed by atoms with Crippen molar-refractivity contribution in [2.24, 2.45) is 5.73 Å². The van der Waals surface area contributed by atoms with Crippen LogP contribution >= 0.6 is 0 Å². The van der Waals surface area contributed by atoms with Crippen LogP contribution in [0.4, 0.5) is 0 Å². The highest BCUT2D eigenvalue weighted by Gasteiger charge is 2.14. The predicted molar refractivity (Wildman–Crippen MR) is 74.5 cm³/mol. The monoisotopic (exact) mass is 245 g/mol. The van der Waals surface area contributed by atoms with Gasteiger partial charge in [0.1, 0.15) is 11.5 Å². The smallest absolute Gasteiger partial charge is 0.130 e. The van der Waals surface area contributed by atoms with Gasteiger partial charge in [-0.25, -0.2) is 0 Å². The van der Waals surface area contributed by atoms with Gasteiger partial charge in [-0.3, -0.25) is 0 Å². The van der Waals surface area contributed by atoms with Gasteiger partial charge in [-0.2, -0.15) is 0 Å². The maximum atomic E-state index is 5.75. The molecule has 18 heavy (non-hydrogen) atoms. The molecule has 1 atom stereocenters. The van der Waals surface area contributed by atoms with E-state index in [0.29, 0.717) is 6.54 Å². The van der Waals surface area contributed by atoms with Crippen molar-refractivity contribution in [3.63, 3.8) is 0 Å². The third-order valence-corrected chi connectivity index (χ3v) is 3.31. The summed E-state index contributed by atoms with van der Waals surface area (Å²) >= 11 is 0. The molecule has 3 nitrogen and oxygen atoms in total. The van der Waals surface area contributed by atoms with Gasteiger partial charge in [0.25, 0.3) is 0 Å². The first kappa shape index (κ1) is 12.7. The molecule has 0 heterocycles. The summed E-state index contributed by atoms with van der Waals surface area (Å²) < 4.78 is 10.9. The first-order valence-electron chi connectivity index (χ1n) is 6.06. The molecule has 2 aromatic carbocycles. The Bertz CT molecular complexity index is 551. The normalized spacial score (nSPS) is 12.4. The van der Waals surface area contributed by atoms with Gasteiger partial charge in [-0.05, 0) is 24.1 Å². The Morgan fingerprint density at radius 3 is 2.44 bits per heavy atom. The van der Waals surface area contributed by atoms with Gasteiger partial charge in [-0.1, -0.05) is 31.2 Å². The van der Waals surface area contributed by atoms with Gasteiger partial charge in [0, 0.05) is 10.8 Å². The van der Waals surface area contributed by atoms with E-state index in [1.165, 1.54) is 0 Å². The highest BCUT2D eigenvalue weighted by molar-refractivity contribution is 5.94. The second-order valence-electron chi connectivity index (χ2n) is 4.38. The quantitative estimate of drug-likeness (QED) is 0.900. The molecule has 2 rings (SSSR count). The summed E-state index contributed by atoms with van der Waals surface area (Å²) in [6.07, 6.45) is 0. The topological polar surface area (TPSA) is 44.5 Å². The lowest BCUT2D eigenvalue weighted by Crippen LogP contribution is -2.10. The highest BCUT2D eigenvalue weighted by atomic mass is 16.5. The second-order valence-corrected chi connectivity index (χ2v) is 4.38. The van der Waals surface area contributed by atoms with Crippen LogP contribution in [0.1, 0.15) is 18.4 Å². The number of rotatable bonds is 4. The Morgan fingerprint density at radius 1 is 1.06 bits per heavy atom. The minimum atomic E-state index is 0.274.